The Balaban J connectivity index is 2.13. The van der Waals surface area contributed by atoms with Crippen molar-refractivity contribution in [2.75, 3.05) is 5.73 Å². The van der Waals surface area contributed by atoms with Crippen LogP contribution in [0.4, 0.5) is 18.9 Å². The van der Waals surface area contributed by atoms with Crippen LogP contribution in [0, 0.1) is 6.92 Å². The summed E-state index contributed by atoms with van der Waals surface area (Å²) in [6.45, 7) is 2.03. The molecule has 3 nitrogen and oxygen atoms in total. The van der Waals surface area contributed by atoms with E-state index in [9.17, 15) is 13.2 Å². The van der Waals surface area contributed by atoms with E-state index in [1.807, 2.05) is 13.0 Å². The molecule has 6 heteroatoms. The van der Waals surface area contributed by atoms with E-state index < -0.39 is 11.7 Å². The van der Waals surface area contributed by atoms with Gasteiger partial charge in [-0.25, -0.2) is 0 Å². The van der Waals surface area contributed by atoms with Gasteiger partial charge in [0.1, 0.15) is 12.4 Å². The van der Waals surface area contributed by atoms with Crippen molar-refractivity contribution < 1.29 is 17.9 Å². The third kappa shape index (κ3) is 3.20. The van der Waals surface area contributed by atoms with Gasteiger partial charge < -0.3 is 10.5 Å². The number of pyridine rings is 1. The van der Waals surface area contributed by atoms with Crippen molar-refractivity contribution in [1.29, 1.82) is 0 Å². The number of benzene rings is 1. The maximum atomic E-state index is 12.5. The third-order valence-corrected chi connectivity index (χ3v) is 2.82. The number of rotatable bonds is 3. The summed E-state index contributed by atoms with van der Waals surface area (Å²) in [4.78, 5) is 4.13. The summed E-state index contributed by atoms with van der Waals surface area (Å²) in [7, 11) is 0. The van der Waals surface area contributed by atoms with E-state index in [1.165, 1.54) is 6.07 Å². The predicted molar refractivity (Wildman–Crippen MR) is 69.2 cm³/mol. The Morgan fingerprint density at radius 1 is 1.25 bits per heavy atom. The fourth-order valence-corrected chi connectivity index (χ4v) is 1.67. The van der Waals surface area contributed by atoms with Gasteiger partial charge in [0, 0.05) is 6.20 Å². The van der Waals surface area contributed by atoms with Crippen LogP contribution in [0.25, 0.3) is 0 Å². The zero-order valence-electron chi connectivity index (χ0n) is 10.7. The molecule has 0 aliphatic rings. The predicted octanol–water partition coefficient (Wildman–Crippen LogP) is 3.57. The first kappa shape index (κ1) is 14.2. The molecule has 2 aromatic rings. The molecule has 0 fully saturated rings. The van der Waals surface area contributed by atoms with Gasteiger partial charge in [-0.1, -0.05) is 6.07 Å². The minimum absolute atomic E-state index is 0.0478. The highest BCUT2D eigenvalue weighted by atomic mass is 19.4. The highest BCUT2D eigenvalue weighted by Gasteiger charge is 2.30. The monoisotopic (exact) mass is 282 g/mol. The first-order chi connectivity index (χ1) is 9.38. The van der Waals surface area contributed by atoms with Crippen molar-refractivity contribution in [3.05, 3.63) is 53.3 Å². The first-order valence-corrected chi connectivity index (χ1v) is 5.88. The molecule has 0 bridgehead atoms. The van der Waals surface area contributed by atoms with E-state index in [0.29, 0.717) is 5.69 Å². The third-order valence-electron chi connectivity index (χ3n) is 2.82. The first-order valence-electron chi connectivity index (χ1n) is 5.88. The van der Waals surface area contributed by atoms with E-state index in [-0.39, 0.29) is 18.0 Å². The minimum atomic E-state index is -4.41. The van der Waals surface area contributed by atoms with Gasteiger partial charge in [-0.15, -0.1) is 0 Å². The SMILES string of the molecule is Cc1cccnc1COc1ccc(C(F)(F)F)cc1N. The zero-order chi connectivity index (χ0) is 14.8. The minimum Gasteiger partial charge on any atom is -0.485 e. The number of anilines is 1. The second-order valence-corrected chi connectivity index (χ2v) is 4.31. The van der Waals surface area contributed by atoms with Crippen LogP contribution in [0.3, 0.4) is 0 Å². The fourth-order valence-electron chi connectivity index (χ4n) is 1.67. The summed E-state index contributed by atoms with van der Waals surface area (Å²) < 4.78 is 42.9. The van der Waals surface area contributed by atoms with E-state index >= 15 is 0 Å². The van der Waals surface area contributed by atoms with Gasteiger partial charge in [0.05, 0.1) is 16.9 Å². The normalized spacial score (nSPS) is 11.4. The highest BCUT2D eigenvalue weighted by Crippen LogP contribution is 2.33. The summed E-state index contributed by atoms with van der Waals surface area (Å²) in [6, 6.07) is 6.70. The number of halogens is 3. The lowest BCUT2D eigenvalue weighted by Crippen LogP contribution is -2.07. The number of nitrogens with two attached hydrogens (primary N) is 1. The smallest absolute Gasteiger partial charge is 0.416 e. The fraction of sp³-hybridized carbons (Fsp3) is 0.214. The van der Waals surface area contributed by atoms with Crippen LogP contribution in [-0.4, -0.2) is 4.98 Å². The maximum Gasteiger partial charge on any atom is 0.416 e. The average molecular weight is 282 g/mol. The summed E-state index contributed by atoms with van der Waals surface area (Å²) in [5.74, 6) is 0.211. The summed E-state index contributed by atoms with van der Waals surface area (Å²) >= 11 is 0. The number of nitrogen functional groups attached to an aromatic ring is 1. The maximum absolute atomic E-state index is 12.5. The molecule has 0 amide bonds. The largest absolute Gasteiger partial charge is 0.485 e. The number of nitrogens with zero attached hydrogens (tertiary/aromatic N) is 1. The molecule has 1 aromatic heterocycles. The van der Waals surface area contributed by atoms with Gasteiger partial charge in [0.2, 0.25) is 0 Å². The van der Waals surface area contributed by atoms with Gasteiger partial charge in [-0.05, 0) is 36.8 Å². The van der Waals surface area contributed by atoms with E-state index in [4.69, 9.17) is 10.5 Å². The van der Waals surface area contributed by atoms with Gasteiger partial charge in [-0.2, -0.15) is 13.2 Å². The van der Waals surface area contributed by atoms with Crippen LogP contribution < -0.4 is 10.5 Å². The molecule has 20 heavy (non-hydrogen) atoms. The number of hydrogen-bond donors (Lipinski definition) is 1. The Bertz CT molecular complexity index is 612. The van der Waals surface area contributed by atoms with Gasteiger partial charge in [0.25, 0.3) is 0 Å². The molecule has 0 unspecified atom stereocenters. The number of aryl methyl sites for hydroxylation is 1. The Morgan fingerprint density at radius 2 is 2.00 bits per heavy atom. The molecule has 0 spiro atoms. The number of alkyl halides is 3. The molecule has 2 rings (SSSR count). The van der Waals surface area contributed by atoms with Gasteiger partial charge >= 0.3 is 6.18 Å². The number of hydrogen-bond acceptors (Lipinski definition) is 3. The van der Waals surface area contributed by atoms with E-state index in [2.05, 4.69) is 4.98 Å². The van der Waals surface area contributed by atoms with Crippen LogP contribution in [-0.2, 0) is 12.8 Å². The van der Waals surface area contributed by atoms with E-state index in [0.717, 1.165) is 17.7 Å². The van der Waals surface area contributed by atoms with Crippen LogP contribution in [0.15, 0.2) is 36.5 Å². The molecule has 2 N–H and O–H groups in total. The number of aromatic nitrogens is 1. The molecule has 0 radical (unpaired) electrons. The van der Waals surface area contributed by atoms with Gasteiger partial charge in [0.15, 0.2) is 0 Å². The van der Waals surface area contributed by atoms with Crippen molar-refractivity contribution in [1.82, 2.24) is 4.98 Å². The topological polar surface area (TPSA) is 48.1 Å². The van der Waals surface area contributed by atoms with Crippen molar-refractivity contribution in [3.8, 4) is 5.75 Å². The molecular formula is C14H13F3N2O. The average Bonchev–Trinajstić information content (AvgIpc) is 2.38. The van der Waals surface area contributed by atoms with Crippen molar-refractivity contribution in [2.45, 2.75) is 19.7 Å². The molecule has 1 heterocycles. The molecule has 0 saturated heterocycles. The Kier molecular flexibility index (Phi) is 3.83. The van der Waals surface area contributed by atoms with Crippen molar-refractivity contribution in [2.24, 2.45) is 0 Å². The lowest BCUT2D eigenvalue weighted by molar-refractivity contribution is -0.137. The quantitative estimate of drug-likeness (QED) is 0.875. The molecule has 1 aromatic carbocycles. The highest BCUT2D eigenvalue weighted by molar-refractivity contribution is 5.54. The lowest BCUT2D eigenvalue weighted by Gasteiger charge is -2.12. The van der Waals surface area contributed by atoms with Crippen molar-refractivity contribution in [3.63, 3.8) is 0 Å². The van der Waals surface area contributed by atoms with Crippen LogP contribution in [0.5, 0.6) is 5.75 Å². The Labute approximate surface area is 114 Å². The van der Waals surface area contributed by atoms with E-state index in [1.54, 1.807) is 12.3 Å². The summed E-state index contributed by atoms with van der Waals surface area (Å²) in [5.41, 5.74) is 6.39. The van der Waals surface area contributed by atoms with Crippen LogP contribution >= 0.6 is 0 Å². The second-order valence-electron chi connectivity index (χ2n) is 4.31. The van der Waals surface area contributed by atoms with Crippen LogP contribution in [0.1, 0.15) is 16.8 Å². The standard InChI is InChI=1S/C14H13F3N2O/c1-9-3-2-6-19-12(9)8-20-13-5-4-10(7-11(13)18)14(15,16)17/h2-7H,8,18H2,1H3. The Hall–Kier alpha value is -2.24. The molecular weight excluding hydrogens is 269 g/mol. The lowest BCUT2D eigenvalue weighted by atomic mass is 10.2. The molecule has 0 saturated carbocycles. The molecule has 0 aliphatic heterocycles. The zero-order valence-corrected chi connectivity index (χ0v) is 10.7. The summed E-state index contributed by atoms with van der Waals surface area (Å²) in [5, 5.41) is 0. The number of ether oxygens (including phenoxy) is 1. The van der Waals surface area contributed by atoms with Crippen LogP contribution in [0.2, 0.25) is 0 Å². The second kappa shape index (κ2) is 5.40. The molecule has 106 valence electrons. The Morgan fingerprint density at radius 3 is 2.60 bits per heavy atom. The summed E-state index contributed by atoms with van der Waals surface area (Å²) in [6.07, 6.45) is -2.79. The van der Waals surface area contributed by atoms with Crippen molar-refractivity contribution >= 4 is 5.69 Å². The van der Waals surface area contributed by atoms with Gasteiger partial charge in [-0.3, -0.25) is 4.98 Å². The molecule has 0 atom stereocenters. The molecule has 0 aliphatic carbocycles.